The first-order valence-electron chi connectivity index (χ1n) is 4.30. The summed E-state index contributed by atoms with van der Waals surface area (Å²) in [5.74, 6) is 0.0204. The Morgan fingerprint density at radius 3 is 2.40 bits per heavy atom. The van der Waals surface area contributed by atoms with Crippen LogP contribution in [0.2, 0.25) is 0 Å². The number of alkyl halides is 2. The molecule has 0 amide bonds. The van der Waals surface area contributed by atoms with Crippen LogP contribution in [0.3, 0.4) is 0 Å². The molecule has 0 aliphatic carbocycles. The Labute approximate surface area is 85.3 Å². The number of ether oxygens (including phenoxy) is 1. The standard InChI is InChI=1S/C10H10F2O3/c11-10(12)15-8-3-1-7(2-4-8)9(14)5-6-13/h1-4,6,9-10,14H,5H2. The van der Waals surface area contributed by atoms with E-state index >= 15 is 0 Å². The van der Waals surface area contributed by atoms with E-state index < -0.39 is 12.7 Å². The number of aliphatic hydroxyl groups is 1. The molecule has 1 rings (SSSR count). The van der Waals surface area contributed by atoms with E-state index in [1.165, 1.54) is 24.3 Å². The molecule has 0 saturated carbocycles. The van der Waals surface area contributed by atoms with E-state index in [4.69, 9.17) is 0 Å². The van der Waals surface area contributed by atoms with Crippen LogP contribution in [0.5, 0.6) is 5.75 Å². The molecule has 0 bridgehead atoms. The van der Waals surface area contributed by atoms with Gasteiger partial charge in [0.25, 0.3) is 0 Å². The van der Waals surface area contributed by atoms with Crippen LogP contribution in [0.4, 0.5) is 8.78 Å². The number of hydrogen-bond acceptors (Lipinski definition) is 3. The van der Waals surface area contributed by atoms with E-state index in [1.807, 2.05) is 0 Å². The number of carbonyl (C=O) groups is 1. The quantitative estimate of drug-likeness (QED) is 0.765. The second-order valence-electron chi connectivity index (χ2n) is 2.87. The van der Waals surface area contributed by atoms with Crippen molar-refractivity contribution in [3.05, 3.63) is 29.8 Å². The van der Waals surface area contributed by atoms with Crippen LogP contribution in [0.1, 0.15) is 18.1 Å². The van der Waals surface area contributed by atoms with Crippen molar-refractivity contribution < 1.29 is 23.4 Å². The molecule has 0 saturated heterocycles. The van der Waals surface area contributed by atoms with E-state index in [-0.39, 0.29) is 12.2 Å². The number of aldehydes is 1. The topological polar surface area (TPSA) is 46.5 Å². The molecular formula is C10H10F2O3. The van der Waals surface area contributed by atoms with Gasteiger partial charge < -0.3 is 14.6 Å². The molecule has 82 valence electrons. The van der Waals surface area contributed by atoms with Gasteiger partial charge in [-0.3, -0.25) is 0 Å². The normalized spacial score (nSPS) is 12.5. The summed E-state index contributed by atoms with van der Waals surface area (Å²) in [6.45, 7) is -2.87. The SMILES string of the molecule is O=CCC(O)c1ccc(OC(F)F)cc1. The summed E-state index contributed by atoms with van der Waals surface area (Å²) in [7, 11) is 0. The van der Waals surface area contributed by atoms with Crippen LogP contribution in [0, 0.1) is 0 Å². The van der Waals surface area contributed by atoms with Gasteiger partial charge in [0.2, 0.25) is 0 Å². The van der Waals surface area contributed by atoms with Crippen molar-refractivity contribution in [3.63, 3.8) is 0 Å². The smallest absolute Gasteiger partial charge is 0.387 e. The van der Waals surface area contributed by atoms with Crippen LogP contribution in [-0.2, 0) is 4.79 Å². The summed E-state index contributed by atoms with van der Waals surface area (Å²) in [5, 5.41) is 9.37. The maximum absolute atomic E-state index is 11.8. The molecule has 0 aromatic heterocycles. The monoisotopic (exact) mass is 216 g/mol. The molecule has 1 aromatic rings. The fourth-order valence-electron chi connectivity index (χ4n) is 1.10. The Morgan fingerprint density at radius 2 is 1.93 bits per heavy atom. The number of carbonyl (C=O) groups excluding carboxylic acids is 1. The van der Waals surface area contributed by atoms with E-state index in [0.717, 1.165) is 0 Å². The Hall–Kier alpha value is -1.49. The number of aliphatic hydroxyl groups excluding tert-OH is 1. The van der Waals surface area contributed by atoms with Gasteiger partial charge in [-0.25, -0.2) is 0 Å². The number of hydrogen-bond donors (Lipinski definition) is 1. The van der Waals surface area contributed by atoms with Crippen LogP contribution < -0.4 is 4.74 Å². The highest BCUT2D eigenvalue weighted by atomic mass is 19.3. The third-order valence-corrected chi connectivity index (χ3v) is 1.81. The van der Waals surface area contributed by atoms with E-state index in [1.54, 1.807) is 0 Å². The van der Waals surface area contributed by atoms with Crippen molar-refractivity contribution >= 4 is 6.29 Å². The molecule has 1 N–H and O–H groups in total. The first kappa shape index (κ1) is 11.6. The fraction of sp³-hybridized carbons (Fsp3) is 0.300. The molecule has 0 aliphatic rings. The zero-order valence-electron chi connectivity index (χ0n) is 7.77. The minimum atomic E-state index is -2.87. The second kappa shape index (κ2) is 5.41. The van der Waals surface area contributed by atoms with Crippen molar-refractivity contribution in [2.75, 3.05) is 0 Å². The van der Waals surface area contributed by atoms with Gasteiger partial charge in [-0.05, 0) is 17.7 Å². The van der Waals surface area contributed by atoms with Crippen molar-refractivity contribution in [1.29, 1.82) is 0 Å². The average molecular weight is 216 g/mol. The molecule has 1 aromatic carbocycles. The van der Waals surface area contributed by atoms with Gasteiger partial charge >= 0.3 is 6.61 Å². The average Bonchev–Trinajstić information content (AvgIpc) is 2.18. The molecule has 0 aliphatic heterocycles. The lowest BCUT2D eigenvalue weighted by atomic mass is 10.1. The van der Waals surface area contributed by atoms with Crippen LogP contribution in [0.15, 0.2) is 24.3 Å². The highest BCUT2D eigenvalue weighted by Crippen LogP contribution is 2.20. The lowest BCUT2D eigenvalue weighted by Crippen LogP contribution is -2.02. The summed E-state index contributed by atoms with van der Waals surface area (Å²) in [6.07, 6.45) is -0.327. The summed E-state index contributed by atoms with van der Waals surface area (Å²) < 4.78 is 27.7. The first-order chi connectivity index (χ1) is 7.13. The zero-order valence-corrected chi connectivity index (χ0v) is 7.77. The van der Waals surface area contributed by atoms with Crippen LogP contribution >= 0.6 is 0 Å². The molecule has 1 unspecified atom stereocenters. The van der Waals surface area contributed by atoms with Gasteiger partial charge in [-0.1, -0.05) is 12.1 Å². The van der Waals surface area contributed by atoms with Crippen LogP contribution in [-0.4, -0.2) is 18.0 Å². The van der Waals surface area contributed by atoms with Crippen molar-refractivity contribution in [2.45, 2.75) is 19.1 Å². The fourth-order valence-corrected chi connectivity index (χ4v) is 1.10. The number of halogens is 2. The molecule has 5 heteroatoms. The van der Waals surface area contributed by atoms with Crippen LogP contribution in [0.25, 0.3) is 0 Å². The number of benzene rings is 1. The Kier molecular flexibility index (Phi) is 4.17. The summed E-state index contributed by atoms with van der Waals surface area (Å²) >= 11 is 0. The molecule has 0 fully saturated rings. The maximum atomic E-state index is 11.8. The van der Waals surface area contributed by atoms with Crippen molar-refractivity contribution in [2.24, 2.45) is 0 Å². The summed E-state index contributed by atoms with van der Waals surface area (Å²) in [5.41, 5.74) is 0.490. The molecule has 1 atom stereocenters. The Bertz CT molecular complexity index is 311. The molecule has 3 nitrogen and oxygen atoms in total. The highest BCUT2D eigenvalue weighted by molar-refractivity contribution is 5.51. The zero-order chi connectivity index (χ0) is 11.3. The minimum absolute atomic E-state index is 0.0188. The summed E-state index contributed by atoms with van der Waals surface area (Å²) in [4.78, 5) is 10.1. The third kappa shape index (κ3) is 3.63. The predicted molar refractivity (Wildman–Crippen MR) is 48.7 cm³/mol. The van der Waals surface area contributed by atoms with Gasteiger partial charge in [0.15, 0.2) is 0 Å². The number of rotatable bonds is 5. The summed E-state index contributed by atoms with van der Waals surface area (Å²) in [6, 6.07) is 5.50. The molecule has 0 spiro atoms. The molecule has 0 radical (unpaired) electrons. The molecule has 0 heterocycles. The highest BCUT2D eigenvalue weighted by Gasteiger charge is 2.08. The largest absolute Gasteiger partial charge is 0.435 e. The van der Waals surface area contributed by atoms with Crippen molar-refractivity contribution in [1.82, 2.24) is 0 Å². The second-order valence-corrected chi connectivity index (χ2v) is 2.87. The van der Waals surface area contributed by atoms with Gasteiger partial charge in [0.05, 0.1) is 6.10 Å². The van der Waals surface area contributed by atoms with E-state index in [9.17, 15) is 18.7 Å². The Balaban J connectivity index is 2.67. The third-order valence-electron chi connectivity index (χ3n) is 1.81. The van der Waals surface area contributed by atoms with E-state index in [2.05, 4.69) is 4.74 Å². The minimum Gasteiger partial charge on any atom is -0.435 e. The maximum Gasteiger partial charge on any atom is 0.387 e. The Morgan fingerprint density at radius 1 is 1.33 bits per heavy atom. The van der Waals surface area contributed by atoms with Gasteiger partial charge in [0.1, 0.15) is 12.0 Å². The van der Waals surface area contributed by atoms with Gasteiger partial charge in [0, 0.05) is 6.42 Å². The lowest BCUT2D eigenvalue weighted by molar-refractivity contribution is -0.109. The van der Waals surface area contributed by atoms with Gasteiger partial charge in [-0.2, -0.15) is 8.78 Å². The lowest BCUT2D eigenvalue weighted by Gasteiger charge is -2.08. The molecular weight excluding hydrogens is 206 g/mol. The van der Waals surface area contributed by atoms with E-state index in [0.29, 0.717) is 11.8 Å². The van der Waals surface area contributed by atoms with Crippen molar-refractivity contribution in [3.8, 4) is 5.75 Å². The predicted octanol–water partition coefficient (Wildman–Crippen LogP) is 1.91. The van der Waals surface area contributed by atoms with Gasteiger partial charge in [-0.15, -0.1) is 0 Å². The molecule has 15 heavy (non-hydrogen) atoms. The first-order valence-corrected chi connectivity index (χ1v) is 4.30.